The van der Waals surface area contributed by atoms with Crippen LogP contribution < -0.4 is 10.6 Å². The summed E-state index contributed by atoms with van der Waals surface area (Å²) < 4.78 is 0. The number of rotatable bonds is 3. The molecule has 0 saturated heterocycles. The second-order valence-corrected chi connectivity index (χ2v) is 4.82. The predicted molar refractivity (Wildman–Crippen MR) is 69.8 cm³/mol. The van der Waals surface area contributed by atoms with E-state index in [9.17, 15) is 0 Å². The Balaban J connectivity index is 1.77. The van der Waals surface area contributed by atoms with Crippen molar-refractivity contribution >= 4 is 17.3 Å². The molecule has 86 valence electrons. The van der Waals surface area contributed by atoms with Crippen LogP contribution in [0.4, 0.5) is 0 Å². The fourth-order valence-electron chi connectivity index (χ4n) is 1.71. The molecule has 1 aliphatic rings. The van der Waals surface area contributed by atoms with Crippen LogP contribution in [0.2, 0.25) is 0 Å². The first kappa shape index (κ1) is 11.2. The Morgan fingerprint density at radius 3 is 2.94 bits per heavy atom. The van der Waals surface area contributed by atoms with Gasteiger partial charge in [-0.25, -0.2) is 0 Å². The van der Waals surface area contributed by atoms with Gasteiger partial charge in [0.1, 0.15) is 0 Å². The van der Waals surface area contributed by atoms with Crippen LogP contribution in [0.5, 0.6) is 0 Å². The molecule has 1 aromatic rings. The Bertz CT molecular complexity index is 360. The van der Waals surface area contributed by atoms with Crippen molar-refractivity contribution < 1.29 is 0 Å². The maximum absolute atomic E-state index is 4.22. The first-order valence-electron chi connectivity index (χ1n) is 5.53. The lowest BCUT2D eigenvalue weighted by Gasteiger charge is -2.16. The maximum atomic E-state index is 4.22. The largest absolute Gasteiger partial charge is 0.353 e. The van der Waals surface area contributed by atoms with Gasteiger partial charge in [-0.1, -0.05) is 18.2 Å². The predicted octanol–water partition coefficient (Wildman–Crippen LogP) is 2.13. The fourth-order valence-corrected chi connectivity index (χ4v) is 2.35. The number of nitrogens with one attached hydrogen (secondary N) is 2. The molecule has 2 N–H and O–H groups in total. The van der Waals surface area contributed by atoms with E-state index in [0.29, 0.717) is 6.04 Å². The monoisotopic (exact) mass is 235 g/mol. The first-order valence-corrected chi connectivity index (χ1v) is 6.41. The van der Waals surface area contributed by atoms with Crippen molar-refractivity contribution in [1.82, 2.24) is 10.6 Å². The van der Waals surface area contributed by atoms with Crippen LogP contribution >= 0.6 is 11.3 Å². The molecule has 16 heavy (non-hydrogen) atoms. The number of hydrogen-bond acceptors (Lipinski definition) is 2. The average Bonchev–Trinajstić information content (AvgIpc) is 2.97. The zero-order chi connectivity index (χ0) is 11.2. The minimum Gasteiger partial charge on any atom is -0.353 e. The molecule has 4 heteroatoms. The highest BCUT2D eigenvalue weighted by molar-refractivity contribution is 7.09. The Labute approximate surface area is 100 Å². The van der Waals surface area contributed by atoms with Gasteiger partial charge in [0.2, 0.25) is 0 Å². The van der Waals surface area contributed by atoms with Gasteiger partial charge < -0.3 is 10.6 Å². The van der Waals surface area contributed by atoms with E-state index in [1.54, 1.807) is 11.3 Å². The van der Waals surface area contributed by atoms with Gasteiger partial charge in [0.25, 0.3) is 0 Å². The van der Waals surface area contributed by atoms with E-state index in [0.717, 1.165) is 25.3 Å². The maximum Gasteiger partial charge on any atom is 0.191 e. The van der Waals surface area contributed by atoms with Gasteiger partial charge in [0.05, 0.1) is 6.54 Å². The Morgan fingerprint density at radius 2 is 2.31 bits per heavy atom. The molecule has 2 rings (SSSR count). The van der Waals surface area contributed by atoms with Crippen molar-refractivity contribution in [3.05, 3.63) is 34.5 Å². The lowest BCUT2D eigenvalue weighted by molar-refractivity contribution is 0.633. The summed E-state index contributed by atoms with van der Waals surface area (Å²) >= 11 is 1.76. The number of hydrogen-bond donors (Lipinski definition) is 2. The number of aliphatic imine (C=N–C) groups is 1. The molecule has 1 aromatic heterocycles. The van der Waals surface area contributed by atoms with Crippen molar-refractivity contribution in [3.8, 4) is 0 Å². The van der Waals surface area contributed by atoms with Gasteiger partial charge in [-0.2, -0.15) is 0 Å². The summed E-state index contributed by atoms with van der Waals surface area (Å²) in [6.07, 6.45) is 6.62. The molecule has 3 nitrogen and oxygen atoms in total. The molecule has 1 aliphatic carbocycles. The second-order valence-electron chi connectivity index (χ2n) is 3.79. The van der Waals surface area contributed by atoms with E-state index in [1.165, 1.54) is 4.88 Å². The van der Waals surface area contributed by atoms with Crippen LogP contribution in [0, 0.1) is 0 Å². The van der Waals surface area contributed by atoms with Crippen molar-refractivity contribution in [2.45, 2.75) is 25.4 Å². The summed E-state index contributed by atoms with van der Waals surface area (Å²) in [6, 6.07) is 4.70. The molecule has 0 radical (unpaired) electrons. The van der Waals surface area contributed by atoms with Gasteiger partial charge in [-0.15, -0.1) is 11.3 Å². The Kier molecular flexibility index (Phi) is 3.99. The molecule has 0 saturated carbocycles. The van der Waals surface area contributed by atoms with Gasteiger partial charge in [-0.05, 0) is 24.3 Å². The molecule has 0 unspecified atom stereocenters. The summed E-state index contributed by atoms with van der Waals surface area (Å²) in [5.74, 6) is 0.891. The SMILES string of the molecule is CN=C(NCc1cccs1)NC1CC=CC1. The van der Waals surface area contributed by atoms with Gasteiger partial charge in [0, 0.05) is 18.0 Å². The lowest BCUT2D eigenvalue weighted by atomic mass is 10.2. The molecule has 1 heterocycles. The molecule has 0 amide bonds. The van der Waals surface area contributed by atoms with Crippen LogP contribution in [0.3, 0.4) is 0 Å². The Hall–Kier alpha value is -1.29. The zero-order valence-electron chi connectivity index (χ0n) is 9.44. The van der Waals surface area contributed by atoms with Crippen molar-refractivity contribution in [1.29, 1.82) is 0 Å². The minimum absolute atomic E-state index is 0.509. The topological polar surface area (TPSA) is 36.4 Å². The summed E-state index contributed by atoms with van der Waals surface area (Å²) in [6.45, 7) is 0.845. The van der Waals surface area contributed by atoms with Crippen LogP contribution in [-0.2, 0) is 6.54 Å². The summed E-state index contributed by atoms with van der Waals surface area (Å²) in [5, 5.41) is 8.82. The van der Waals surface area contributed by atoms with E-state index >= 15 is 0 Å². The molecule has 0 fully saturated rings. The normalized spacial score (nSPS) is 16.7. The van der Waals surface area contributed by atoms with E-state index < -0.39 is 0 Å². The van der Waals surface area contributed by atoms with Crippen molar-refractivity contribution in [3.63, 3.8) is 0 Å². The highest BCUT2D eigenvalue weighted by atomic mass is 32.1. The van der Waals surface area contributed by atoms with E-state index in [1.807, 2.05) is 7.05 Å². The van der Waals surface area contributed by atoms with Crippen molar-refractivity contribution in [2.75, 3.05) is 7.05 Å². The second kappa shape index (κ2) is 5.70. The van der Waals surface area contributed by atoms with Crippen LogP contribution in [0.25, 0.3) is 0 Å². The summed E-state index contributed by atoms with van der Waals surface area (Å²) in [4.78, 5) is 5.55. The van der Waals surface area contributed by atoms with Gasteiger partial charge in [0.15, 0.2) is 5.96 Å². The third kappa shape index (κ3) is 3.10. The highest BCUT2D eigenvalue weighted by Gasteiger charge is 2.11. The Morgan fingerprint density at radius 1 is 1.50 bits per heavy atom. The molecule has 0 aromatic carbocycles. The van der Waals surface area contributed by atoms with Crippen LogP contribution in [0.15, 0.2) is 34.7 Å². The number of thiophene rings is 1. The number of guanidine groups is 1. The summed E-state index contributed by atoms with van der Waals surface area (Å²) in [5.41, 5.74) is 0. The van der Waals surface area contributed by atoms with Gasteiger partial charge in [-0.3, -0.25) is 4.99 Å². The van der Waals surface area contributed by atoms with Crippen LogP contribution in [0.1, 0.15) is 17.7 Å². The summed E-state index contributed by atoms with van der Waals surface area (Å²) in [7, 11) is 1.81. The molecule has 0 aliphatic heterocycles. The molecule has 0 spiro atoms. The van der Waals surface area contributed by atoms with E-state index in [4.69, 9.17) is 0 Å². The minimum atomic E-state index is 0.509. The fraction of sp³-hybridized carbons (Fsp3) is 0.417. The molecular formula is C12H17N3S. The third-order valence-corrected chi connectivity index (χ3v) is 3.46. The third-order valence-electron chi connectivity index (χ3n) is 2.58. The first-order chi connectivity index (χ1) is 7.88. The van der Waals surface area contributed by atoms with Gasteiger partial charge >= 0.3 is 0 Å². The highest BCUT2D eigenvalue weighted by Crippen LogP contribution is 2.09. The lowest BCUT2D eigenvalue weighted by Crippen LogP contribution is -2.41. The smallest absolute Gasteiger partial charge is 0.191 e. The molecular weight excluding hydrogens is 218 g/mol. The average molecular weight is 235 g/mol. The van der Waals surface area contributed by atoms with E-state index in [-0.39, 0.29) is 0 Å². The quantitative estimate of drug-likeness (QED) is 0.478. The molecule has 0 atom stereocenters. The molecule has 0 bridgehead atoms. The zero-order valence-corrected chi connectivity index (χ0v) is 10.3. The standard InChI is InChI=1S/C12H17N3S/c1-13-12(15-10-5-2-3-6-10)14-9-11-7-4-8-16-11/h2-4,7-8,10H,5-6,9H2,1H3,(H2,13,14,15). The van der Waals surface area contributed by atoms with Crippen LogP contribution in [-0.4, -0.2) is 19.0 Å². The van der Waals surface area contributed by atoms with Crippen molar-refractivity contribution in [2.24, 2.45) is 4.99 Å². The van der Waals surface area contributed by atoms with E-state index in [2.05, 4.69) is 45.3 Å². The number of nitrogens with zero attached hydrogens (tertiary/aromatic N) is 1.